The Morgan fingerprint density at radius 3 is 1.56 bits per heavy atom. The normalized spacial score (nSPS) is 10.5. The summed E-state index contributed by atoms with van der Waals surface area (Å²) in [6.07, 6.45) is 0. The maximum Gasteiger partial charge on any atom is 0.370 e. The number of rotatable bonds is 3. The summed E-state index contributed by atoms with van der Waals surface area (Å²) in [7, 11) is 5.16. The molecular weight excluding hydrogens is 194 g/mol. The molecule has 0 aliphatic heterocycles. The van der Waals surface area contributed by atoms with Gasteiger partial charge < -0.3 is 0 Å². The van der Waals surface area contributed by atoms with Crippen LogP contribution in [-0.2, 0) is 0 Å². The minimum absolute atomic E-state index is 0.118. The third-order valence-corrected chi connectivity index (χ3v) is 2.41. The second-order valence-electron chi connectivity index (χ2n) is 3.45. The lowest BCUT2D eigenvalue weighted by Crippen LogP contribution is -2.40. The van der Waals surface area contributed by atoms with E-state index < -0.39 is 0 Å². The highest BCUT2D eigenvalue weighted by molar-refractivity contribution is 6.83. The smallest absolute Gasteiger partial charge is 0.287 e. The van der Waals surface area contributed by atoms with Crippen LogP contribution in [0.2, 0.25) is 0 Å². The quantitative estimate of drug-likeness (QED) is 0.532. The van der Waals surface area contributed by atoms with Crippen molar-refractivity contribution in [1.82, 2.24) is 0 Å². The molecule has 2 nitrogen and oxygen atoms in total. The van der Waals surface area contributed by atoms with Gasteiger partial charge in [-0.2, -0.15) is 0 Å². The summed E-state index contributed by atoms with van der Waals surface area (Å²) in [5.74, 6) is 0. The molecule has 0 unspecified atom stereocenters. The first-order valence-corrected chi connectivity index (χ1v) is 5.12. The van der Waals surface area contributed by atoms with Crippen molar-refractivity contribution in [2.75, 3.05) is 0 Å². The lowest BCUT2D eigenvalue weighted by Gasteiger charge is -2.07. The van der Waals surface area contributed by atoms with E-state index in [2.05, 4.69) is 10.1 Å². The molecule has 0 aliphatic rings. The molecule has 0 heterocycles. The number of nitrogens with zero attached hydrogens (tertiary/aromatic N) is 2. The molecule has 2 radical (unpaired) electrons. The topological polar surface area (TPSA) is 24.7 Å². The van der Waals surface area contributed by atoms with Crippen LogP contribution in [0, 0.1) is 0 Å². The standard InChI is InChI=1S/C12H10B2N2/c13-15-16-14(11-7-3-1-4-8-11)12-9-5-2-6-10-12/h1-10H. The number of hydrogen-bond acceptors (Lipinski definition) is 2. The lowest BCUT2D eigenvalue weighted by atomic mass is 9.52. The van der Waals surface area contributed by atoms with Gasteiger partial charge in [-0.1, -0.05) is 60.7 Å². The molecule has 0 atom stereocenters. The Labute approximate surface area is 97.0 Å². The molecule has 0 saturated heterocycles. The van der Waals surface area contributed by atoms with Gasteiger partial charge in [0, 0.05) is 0 Å². The molecule has 0 saturated carbocycles. The van der Waals surface area contributed by atoms with Gasteiger partial charge in [0.1, 0.15) is 0 Å². The third kappa shape index (κ3) is 2.40. The summed E-state index contributed by atoms with van der Waals surface area (Å²) in [5.41, 5.74) is 2.17. The fraction of sp³-hybridized carbons (Fsp3) is 0. The summed E-state index contributed by atoms with van der Waals surface area (Å²) >= 11 is 0. The Balaban J connectivity index is 2.39. The predicted molar refractivity (Wildman–Crippen MR) is 68.5 cm³/mol. The predicted octanol–water partition coefficient (Wildman–Crippen LogP) is 1.33. The summed E-state index contributed by atoms with van der Waals surface area (Å²) in [4.78, 5) is 0. The third-order valence-electron chi connectivity index (χ3n) is 2.41. The molecule has 2 aromatic rings. The Morgan fingerprint density at radius 2 is 1.19 bits per heavy atom. The molecule has 0 aromatic heterocycles. The molecule has 0 aliphatic carbocycles. The van der Waals surface area contributed by atoms with Crippen molar-refractivity contribution >= 4 is 25.8 Å². The number of hydrogen-bond donors (Lipinski definition) is 0. The van der Waals surface area contributed by atoms with Gasteiger partial charge in [0.05, 0.1) is 0 Å². The van der Waals surface area contributed by atoms with E-state index in [4.69, 9.17) is 7.98 Å². The van der Waals surface area contributed by atoms with E-state index in [1.807, 2.05) is 60.7 Å². The first-order valence-electron chi connectivity index (χ1n) is 5.12. The van der Waals surface area contributed by atoms with E-state index in [0.717, 1.165) is 10.9 Å². The van der Waals surface area contributed by atoms with E-state index in [1.165, 1.54) is 0 Å². The van der Waals surface area contributed by atoms with Crippen LogP contribution in [0.5, 0.6) is 0 Å². The average molecular weight is 204 g/mol. The zero-order valence-corrected chi connectivity index (χ0v) is 8.82. The van der Waals surface area contributed by atoms with Crippen molar-refractivity contribution in [2.24, 2.45) is 10.1 Å². The Bertz CT molecular complexity index is 417. The monoisotopic (exact) mass is 204 g/mol. The van der Waals surface area contributed by atoms with Gasteiger partial charge in [0.2, 0.25) is 0 Å². The fourth-order valence-corrected chi connectivity index (χ4v) is 1.66. The van der Waals surface area contributed by atoms with E-state index >= 15 is 0 Å². The molecule has 2 aromatic carbocycles. The molecule has 0 N–H and O–H groups in total. The van der Waals surface area contributed by atoms with E-state index in [0.29, 0.717) is 0 Å². The first-order chi connectivity index (χ1) is 7.92. The van der Waals surface area contributed by atoms with Crippen LogP contribution in [0.25, 0.3) is 0 Å². The van der Waals surface area contributed by atoms with Crippen LogP contribution in [0.15, 0.2) is 70.7 Å². The van der Waals surface area contributed by atoms with Crippen molar-refractivity contribution < 1.29 is 0 Å². The summed E-state index contributed by atoms with van der Waals surface area (Å²) in [6.45, 7) is -0.118. The molecule has 74 valence electrons. The Morgan fingerprint density at radius 1 is 0.750 bits per heavy atom. The Kier molecular flexibility index (Phi) is 3.54. The largest absolute Gasteiger partial charge is 0.370 e. The summed E-state index contributed by atoms with van der Waals surface area (Å²) < 4.78 is 0. The molecular formula is C12H10B2N2. The van der Waals surface area contributed by atoms with E-state index in [9.17, 15) is 0 Å². The van der Waals surface area contributed by atoms with E-state index in [-0.39, 0.29) is 6.85 Å². The van der Waals surface area contributed by atoms with Crippen molar-refractivity contribution in [3.8, 4) is 0 Å². The summed E-state index contributed by atoms with van der Waals surface area (Å²) in [5, 5.41) is 7.48. The highest BCUT2D eigenvalue weighted by Crippen LogP contribution is 1.94. The molecule has 0 amide bonds. The van der Waals surface area contributed by atoms with Gasteiger partial charge in [0.15, 0.2) is 0 Å². The van der Waals surface area contributed by atoms with Crippen LogP contribution < -0.4 is 10.9 Å². The van der Waals surface area contributed by atoms with Crippen molar-refractivity contribution in [2.45, 2.75) is 0 Å². The first kappa shape index (κ1) is 10.7. The van der Waals surface area contributed by atoms with Gasteiger partial charge in [0.25, 0.3) is 7.98 Å². The minimum atomic E-state index is -0.118. The maximum absolute atomic E-state index is 5.16. The van der Waals surface area contributed by atoms with Gasteiger partial charge >= 0.3 is 6.85 Å². The Hall–Kier alpha value is -1.83. The zero-order chi connectivity index (χ0) is 11.2. The molecule has 0 spiro atoms. The average Bonchev–Trinajstić information content (AvgIpc) is 2.38. The molecule has 0 bridgehead atoms. The SMILES string of the molecule is [B]N=NB(c1ccccc1)c1ccccc1. The van der Waals surface area contributed by atoms with Crippen LogP contribution >= 0.6 is 0 Å². The van der Waals surface area contributed by atoms with Gasteiger partial charge in [-0.05, 0) is 10.9 Å². The van der Waals surface area contributed by atoms with Crippen molar-refractivity contribution in [3.05, 3.63) is 60.7 Å². The zero-order valence-electron chi connectivity index (χ0n) is 8.82. The second kappa shape index (κ2) is 5.31. The van der Waals surface area contributed by atoms with Gasteiger partial charge in [-0.15, -0.1) is 0 Å². The molecule has 0 fully saturated rings. The fourth-order valence-electron chi connectivity index (χ4n) is 1.66. The van der Waals surface area contributed by atoms with Crippen LogP contribution in [-0.4, -0.2) is 14.8 Å². The minimum Gasteiger partial charge on any atom is -0.287 e. The van der Waals surface area contributed by atoms with Crippen LogP contribution in [0.3, 0.4) is 0 Å². The number of benzene rings is 2. The van der Waals surface area contributed by atoms with Gasteiger partial charge in [-0.25, -0.2) is 0 Å². The van der Waals surface area contributed by atoms with Crippen LogP contribution in [0.1, 0.15) is 0 Å². The van der Waals surface area contributed by atoms with E-state index in [1.54, 1.807) is 0 Å². The highest BCUT2D eigenvalue weighted by Gasteiger charge is 2.18. The second-order valence-corrected chi connectivity index (χ2v) is 3.45. The van der Waals surface area contributed by atoms with Crippen molar-refractivity contribution in [3.63, 3.8) is 0 Å². The lowest BCUT2D eigenvalue weighted by molar-refractivity contribution is 1.44. The molecule has 2 rings (SSSR count). The summed E-state index contributed by atoms with van der Waals surface area (Å²) in [6, 6.07) is 20.0. The maximum atomic E-state index is 5.16. The highest BCUT2D eigenvalue weighted by atomic mass is 15.0. The van der Waals surface area contributed by atoms with Gasteiger partial charge in [-0.3, -0.25) is 10.1 Å². The van der Waals surface area contributed by atoms with Crippen LogP contribution in [0.4, 0.5) is 0 Å². The molecule has 16 heavy (non-hydrogen) atoms. The van der Waals surface area contributed by atoms with Crippen molar-refractivity contribution in [1.29, 1.82) is 0 Å². The molecule has 4 heteroatoms.